The molecule has 0 bridgehead atoms. The fraction of sp³-hybridized carbons (Fsp3) is 0.222. The van der Waals surface area contributed by atoms with Gasteiger partial charge in [-0.2, -0.15) is 0 Å². The zero-order valence-electron chi connectivity index (χ0n) is 12.9. The topological polar surface area (TPSA) is 75.6 Å². The van der Waals surface area contributed by atoms with E-state index in [1.54, 1.807) is 12.1 Å². The van der Waals surface area contributed by atoms with E-state index in [-0.39, 0.29) is 11.5 Å². The van der Waals surface area contributed by atoms with Crippen LogP contribution in [0.1, 0.15) is 28.8 Å². The average Bonchev–Trinajstić information content (AvgIpc) is 2.53. The predicted octanol–water partition coefficient (Wildman–Crippen LogP) is 3.49. The average molecular weight is 313 g/mol. The molecule has 120 valence electrons. The number of carbonyl (C=O) groups is 2. The number of aromatic carboxylic acids is 1. The van der Waals surface area contributed by atoms with E-state index in [1.807, 2.05) is 31.2 Å². The molecular formula is C18H19NO4. The first-order chi connectivity index (χ1) is 11.0. The minimum absolute atomic E-state index is 0.144. The summed E-state index contributed by atoms with van der Waals surface area (Å²) in [6.45, 7) is 2.46. The Kier molecular flexibility index (Phi) is 5.74. The van der Waals surface area contributed by atoms with Gasteiger partial charge in [-0.3, -0.25) is 4.79 Å². The number of carboxylic acid groups (broad SMARTS) is 1. The molecule has 2 N–H and O–H groups in total. The first-order valence-electron chi connectivity index (χ1n) is 7.37. The van der Waals surface area contributed by atoms with E-state index in [2.05, 4.69) is 5.32 Å². The molecule has 0 fully saturated rings. The van der Waals surface area contributed by atoms with Crippen LogP contribution in [0, 0.1) is 6.92 Å². The lowest BCUT2D eigenvalue weighted by Gasteiger charge is -2.08. The molecule has 0 heterocycles. The number of amides is 1. The largest absolute Gasteiger partial charge is 0.494 e. The normalized spacial score (nSPS) is 10.1. The lowest BCUT2D eigenvalue weighted by molar-refractivity contribution is -0.116. The maximum absolute atomic E-state index is 11.8. The number of carbonyl (C=O) groups excluding carboxylic acids is 1. The van der Waals surface area contributed by atoms with Crippen LogP contribution in [0.5, 0.6) is 5.75 Å². The standard InChI is InChI=1S/C18H19NO4/c1-13-7-9-16(10-8-13)23-11-3-6-17(20)19-15-5-2-4-14(12-15)18(21)22/h2,4-5,7-10,12H,3,6,11H2,1H3,(H,19,20)(H,21,22). The molecular weight excluding hydrogens is 294 g/mol. The molecule has 0 saturated carbocycles. The summed E-state index contributed by atoms with van der Waals surface area (Å²) in [4.78, 5) is 22.7. The van der Waals surface area contributed by atoms with Crippen molar-refractivity contribution in [2.24, 2.45) is 0 Å². The number of hydrogen-bond acceptors (Lipinski definition) is 3. The van der Waals surface area contributed by atoms with E-state index >= 15 is 0 Å². The number of carboxylic acids is 1. The van der Waals surface area contributed by atoms with Crippen molar-refractivity contribution in [2.75, 3.05) is 11.9 Å². The number of aryl methyl sites for hydroxylation is 1. The van der Waals surface area contributed by atoms with Crippen molar-refractivity contribution in [3.05, 3.63) is 59.7 Å². The summed E-state index contributed by atoms with van der Waals surface area (Å²) in [7, 11) is 0. The van der Waals surface area contributed by atoms with Gasteiger partial charge in [0.05, 0.1) is 12.2 Å². The Hall–Kier alpha value is -2.82. The first kappa shape index (κ1) is 16.5. The molecule has 0 unspecified atom stereocenters. The van der Waals surface area contributed by atoms with Gasteiger partial charge < -0.3 is 15.2 Å². The molecule has 0 atom stereocenters. The van der Waals surface area contributed by atoms with Crippen LogP contribution in [0.25, 0.3) is 0 Å². The molecule has 0 aromatic heterocycles. The van der Waals surface area contributed by atoms with Gasteiger partial charge in [0.25, 0.3) is 0 Å². The highest BCUT2D eigenvalue weighted by molar-refractivity contribution is 5.93. The maximum atomic E-state index is 11.8. The molecule has 1 amide bonds. The van der Waals surface area contributed by atoms with E-state index in [0.29, 0.717) is 25.1 Å². The summed E-state index contributed by atoms with van der Waals surface area (Å²) in [5, 5.41) is 11.6. The minimum atomic E-state index is -1.02. The molecule has 0 aliphatic carbocycles. The fourth-order valence-electron chi connectivity index (χ4n) is 2.01. The van der Waals surface area contributed by atoms with Crippen LogP contribution in [-0.2, 0) is 4.79 Å². The third-order valence-electron chi connectivity index (χ3n) is 3.23. The zero-order chi connectivity index (χ0) is 16.7. The highest BCUT2D eigenvalue weighted by Crippen LogP contribution is 2.13. The Morgan fingerprint density at radius 2 is 1.87 bits per heavy atom. The summed E-state index contributed by atoms with van der Waals surface area (Å²) in [6, 6.07) is 13.9. The van der Waals surface area contributed by atoms with Gasteiger partial charge in [-0.05, 0) is 43.7 Å². The van der Waals surface area contributed by atoms with Crippen LogP contribution in [-0.4, -0.2) is 23.6 Å². The second-order valence-corrected chi connectivity index (χ2v) is 5.20. The van der Waals surface area contributed by atoms with Crippen LogP contribution < -0.4 is 10.1 Å². The van der Waals surface area contributed by atoms with Crippen molar-refractivity contribution < 1.29 is 19.4 Å². The summed E-state index contributed by atoms with van der Waals surface area (Å²) in [5.74, 6) is -0.405. The van der Waals surface area contributed by atoms with Crippen LogP contribution in [0.4, 0.5) is 5.69 Å². The number of rotatable bonds is 7. The smallest absolute Gasteiger partial charge is 0.335 e. The molecule has 5 heteroatoms. The van der Waals surface area contributed by atoms with Crippen molar-refractivity contribution in [1.82, 2.24) is 0 Å². The van der Waals surface area contributed by atoms with Gasteiger partial charge in [0.1, 0.15) is 5.75 Å². The Morgan fingerprint density at radius 1 is 1.13 bits per heavy atom. The number of nitrogens with one attached hydrogen (secondary N) is 1. The minimum Gasteiger partial charge on any atom is -0.494 e. The molecule has 0 radical (unpaired) electrons. The molecule has 0 aliphatic rings. The summed E-state index contributed by atoms with van der Waals surface area (Å²) in [5.41, 5.74) is 1.79. The van der Waals surface area contributed by atoms with Gasteiger partial charge in [-0.1, -0.05) is 23.8 Å². The monoisotopic (exact) mass is 313 g/mol. The summed E-state index contributed by atoms with van der Waals surface area (Å²) in [6.07, 6.45) is 0.890. The molecule has 0 aliphatic heterocycles. The zero-order valence-corrected chi connectivity index (χ0v) is 12.9. The predicted molar refractivity (Wildman–Crippen MR) is 87.9 cm³/mol. The number of benzene rings is 2. The third kappa shape index (κ3) is 5.47. The molecule has 2 aromatic rings. The molecule has 0 saturated heterocycles. The van der Waals surface area contributed by atoms with E-state index in [4.69, 9.17) is 9.84 Å². The first-order valence-corrected chi connectivity index (χ1v) is 7.37. The quantitative estimate of drug-likeness (QED) is 0.767. The van der Waals surface area contributed by atoms with Crippen molar-refractivity contribution in [2.45, 2.75) is 19.8 Å². The SMILES string of the molecule is Cc1ccc(OCCCC(=O)Nc2cccc(C(=O)O)c2)cc1. The summed E-state index contributed by atoms with van der Waals surface area (Å²) < 4.78 is 5.55. The number of ether oxygens (including phenoxy) is 1. The second-order valence-electron chi connectivity index (χ2n) is 5.20. The molecule has 2 rings (SSSR count). The lowest BCUT2D eigenvalue weighted by Crippen LogP contribution is -2.13. The Labute approximate surface area is 134 Å². The van der Waals surface area contributed by atoms with Gasteiger partial charge in [0.2, 0.25) is 5.91 Å². The van der Waals surface area contributed by atoms with Crippen LogP contribution >= 0.6 is 0 Å². The number of anilines is 1. The van der Waals surface area contributed by atoms with Crippen LogP contribution in [0.3, 0.4) is 0 Å². The van der Waals surface area contributed by atoms with E-state index < -0.39 is 5.97 Å². The highest BCUT2D eigenvalue weighted by Gasteiger charge is 2.06. The Morgan fingerprint density at radius 3 is 2.57 bits per heavy atom. The highest BCUT2D eigenvalue weighted by atomic mass is 16.5. The van der Waals surface area contributed by atoms with Gasteiger partial charge >= 0.3 is 5.97 Å². The Bertz CT molecular complexity index is 680. The van der Waals surface area contributed by atoms with Gasteiger partial charge in [-0.25, -0.2) is 4.79 Å². The van der Waals surface area contributed by atoms with Crippen LogP contribution in [0.15, 0.2) is 48.5 Å². The molecule has 0 spiro atoms. The molecule has 5 nitrogen and oxygen atoms in total. The molecule has 23 heavy (non-hydrogen) atoms. The van der Waals surface area contributed by atoms with Crippen molar-refractivity contribution in [3.8, 4) is 5.75 Å². The third-order valence-corrected chi connectivity index (χ3v) is 3.23. The number of hydrogen-bond donors (Lipinski definition) is 2. The van der Waals surface area contributed by atoms with Crippen LogP contribution in [0.2, 0.25) is 0 Å². The second kappa shape index (κ2) is 7.98. The molecule has 2 aromatic carbocycles. The maximum Gasteiger partial charge on any atom is 0.335 e. The van der Waals surface area contributed by atoms with Gasteiger partial charge in [-0.15, -0.1) is 0 Å². The van der Waals surface area contributed by atoms with Gasteiger partial charge in [0, 0.05) is 12.1 Å². The van der Waals surface area contributed by atoms with Crippen molar-refractivity contribution in [3.63, 3.8) is 0 Å². The van der Waals surface area contributed by atoms with Crippen molar-refractivity contribution in [1.29, 1.82) is 0 Å². The fourth-order valence-corrected chi connectivity index (χ4v) is 2.01. The van der Waals surface area contributed by atoms with E-state index in [0.717, 1.165) is 5.75 Å². The van der Waals surface area contributed by atoms with Gasteiger partial charge in [0.15, 0.2) is 0 Å². The summed E-state index contributed by atoms with van der Waals surface area (Å²) >= 11 is 0. The van der Waals surface area contributed by atoms with E-state index in [1.165, 1.54) is 17.7 Å². The lowest BCUT2D eigenvalue weighted by atomic mass is 10.2. The Balaban J connectivity index is 1.74. The van der Waals surface area contributed by atoms with Crippen molar-refractivity contribution >= 4 is 17.6 Å². The van der Waals surface area contributed by atoms with E-state index in [9.17, 15) is 9.59 Å².